The summed E-state index contributed by atoms with van der Waals surface area (Å²) in [5.74, 6) is 0.587. The summed E-state index contributed by atoms with van der Waals surface area (Å²) in [6, 6.07) is 19.8. The molecule has 0 saturated carbocycles. The van der Waals surface area contributed by atoms with Crippen LogP contribution in [0.3, 0.4) is 0 Å². The van der Waals surface area contributed by atoms with Crippen LogP contribution in [-0.2, 0) is 0 Å². The third kappa shape index (κ3) is 3.48. The van der Waals surface area contributed by atoms with Gasteiger partial charge in [0.1, 0.15) is 17.0 Å². The van der Waals surface area contributed by atoms with Crippen LogP contribution in [0.15, 0.2) is 83.9 Å². The number of hydrogen-bond donors (Lipinski definition) is 1. The van der Waals surface area contributed by atoms with Crippen molar-refractivity contribution in [3.8, 4) is 11.5 Å². The first-order valence-electron chi connectivity index (χ1n) is 8.73. The number of para-hydroxylation sites is 2. The molecular formula is C22H17N3O3. The van der Waals surface area contributed by atoms with Gasteiger partial charge in [0.05, 0.1) is 5.69 Å². The second kappa shape index (κ2) is 7.36. The largest absolute Gasteiger partial charge is 0.455 e. The zero-order valence-corrected chi connectivity index (χ0v) is 15.1. The minimum absolute atomic E-state index is 0.0474. The highest BCUT2D eigenvalue weighted by molar-refractivity contribution is 6.04. The number of carbonyl (C=O) groups excluding carboxylic acids is 1. The van der Waals surface area contributed by atoms with E-state index in [9.17, 15) is 9.59 Å². The van der Waals surface area contributed by atoms with E-state index in [1.165, 1.54) is 10.6 Å². The Hall–Kier alpha value is -3.93. The summed E-state index contributed by atoms with van der Waals surface area (Å²) in [5, 5.41) is 2.75. The maximum Gasteiger partial charge on any atom is 0.270 e. The summed E-state index contributed by atoms with van der Waals surface area (Å²) in [5.41, 5.74) is 1.59. The van der Waals surface area contributed by atoms with Crippen LogP contribution in [0.25, 0.3) is 5.65 Å². The zero-order valence-electron chi connectivity index (χ0n) is 15.1. The van der Waals surface area contributed by atoms with Crippen molar-refractivity contribution in [2.75, 3.05) is 5.32 Å². The Morgan fingerprint density at radius 3 is 2.57 bits per heavy atom. The van der Waals surface area contributed by atoms with Crippen molar-refractivity contribution in [3.05, 3.63) is 101 Å². The lowest BCUT2D eigenvalue weighted by molar-refractivity contribution is 0.102. The summed E-state index contributed by atoms with van der Waals surface area (Å²) in [4.78, 5) is 29.5. The van der Waals surface area contributed by atoms with Gasteiger partial charge < -0.3 is 10.1 Å². The van der Waals surface area contributed by atoms with Gasteiger partial charge in [0.2, 0.25) is 0 Å². The highest BCUT2D eigenvalue weighted by Crippen LogP contribution is 2.29. The number of ether oxygens (including phenoxy) is 1. The number of nitrogens with zero attached hydrogens (tertiary/aromatic N) is 2. The summed E-state index contributed by atoms with van der Waals surface area (Å²) in [6.07, 6.45) is 2.87. The zero-order chi connectivity index (χ0) is 19.5. The van der Waals surface area contributed by atoms with Crippen LogP contribution in [0.4, 0.5) is 5.69 Å². The molecule has 0 radical (unpaired) electrons. The Bertz CT molecular complexity index is 1210. The molecule has 0 bridgehead atoms. The SMILES string of the molecule is Cc1ccc(Oc2ccccc2NC(=O)c2cnc3ccccn3c2=O)cc1. The summed E-state index contributed by atoms with van der Waals surface area (Å²) >= 11 is 0. The van der Waals surface area contributed by atoms with Gasteiger partial charge in [-0.2, -0.15) is 0 Å². The number of nitrogens with one attached hydrogen (secondary N) is 1. The molecule has 1 N–H and O–H groups in total. The number of rotatable bonds is 4. The smallest absolute Gasteiger partial charge is 0.270 e. The van der Waals surface area contributed by atoms with E-state index in [0.29, 0.717) is 22.8 Å². The minimum atomic E-state index is -0.546. The molecule has 0 fully saturated rings. The molecule has 6 heteroatoms. The summed E-state index contributed by atoms with van der Waals surface area (Å²) < 4.78 is 7.22. The maximum atomic E-state index is 12.7. The maximum absolute atomic E-state index is 12.7. The number of fused-ring (bicyclic) bond motifs is 1. The average molecular weight is 371 g/mol. The molecular weight excluding hydrogens is 354 g/mol. The van der Waals surface area contributed by atoms with Gasteiger partial charge in [-0.15, -0.1) is 0 Å². The lowest BCUT2D eigenvalue weighted by atomic mass is 10.2. The summed E-state index contributed by atoms with van der Waals surface area (Å²) in [7, 11) is 0. The number of benzene rings is 2. The Morgan fingerprint density at radius 2 is 1.75 bits per heavy atom. The molecule has 138 valence electrons. The van der Waals surface area contributed by atoms with Crippen LogP contribution in [0, 0.1) is 6.92 Å². The van der Waals surface area contributed by atoms with Crippen LogP contribution in [0.2, 0.25) is 0 Å². The fourth-order valence-electron chi connectivity index (χ4n) is 2.76. The first kappa shape index (κ1) is 17.5. The van der Waals surface area contributed by atoms with Crippen LogP contribution < -0.4 is 15.6 Å². The molecule has 6 nitrogen and oxygen atoms in total. The standard InChI is InChI=1S/C22H17N3O3/c1-15-9-11-16(12-10-15)28-19-7-3-2-6-18(19)24-21(26)17-14-23-20-8-4-5-13-25(20)22(17)27/h2-14H,1H3,(H,24,26). The van der Waals surface area contributed by atoms with E-state index < -0.39 is 11.5 Å². The Kier molecular flexibility index (Phi) is 4.60. The lowest BCUT2D eigenvalue weighted by Crippen LogP contribution is -2.26. The number of aromatic nitrogens is 2. The van der Waals surface area contributed by atoms with E-state index >= 15 is 0 Å². The molecule has 0 aliphatic rings. The Balaban J connectivity index is 1.63. The number of amides is 1. The highest BCUT2D eigenvalue weighted by atomic mass is 16.5. The fourth-order valence-corrected chi connectivity index (χ4v) is 2.76. The molecule has 4 aromatic rings. The van der Waals surface area contributed by atoms with Crippen molar-refractivity contribution < 1.29 is 9.53 Å². The van der Waals surface area contributed by atoms with Crippen molar-refractivity contribution in [2.24, 2.45) is 0 Å². The van der Waals surface area contributed by atoms with Crippen LogP contribution in [0.5, 0.6) is 11.5 Å². The molecule has 0 unspecified atom stereocenters. The van der Waals surface area contributed by atoms with Crippen LogP contribution >= 0.6 is 0 Å². The van der Waals surface area contributed by atoms with E-state index in [4.69, 9.17) is 4.74 Å². The van der Waals surface area contributed by atoms with Gasteiger partial charge in [0.25, 0.3) is 11.5 Å². The van der Waals surface area contributed by atoms with E-state index in [2.05, 4.69) is 10.3 Å². The van der Waals surface area contributed by atoms with Crippen molar-refractivity contribution in [1.82, 2.24) is 9.38 Å². The van der Waals surface area contributed by atoms with Gasteiger partial charge >= 0.3 is 0 Å². The number of hydrogen-bond acceptors (Lipinski definition) is 4. The van der Waals surface area contributed by atoms with Gasteiger partial charge in [0.15, 0.2) is 5.75 Å². The molecule has 0 aliphatic carbocycles. The molecule has 2 heterocycles. The van der Waals surface area contributed by atoms with Gasteiger partial charge in [-0.25, -0.2) is 4.98 Å². The second-order valence-electron chi connectivity index (χ2n) is 6.27. The van der Waals surface area contributed by atoms with Crippen molar-refractivity contribution in [3.63, 3.8) is 0 Å². The Morgan fingerprint density at radius 1 is 1.00 bits per heavy atom. The van der Waals surface area contributed by atoms with Gasteiger partial charge in [-0.3, -0.25) is 14.0 Å². The number of carbonyl (C=O) groups is 1. The molecule has 0 aliphatic heterocycles. The van der Waals surface area contributed by atoms with E-state index in [0.717, 1.165) is 5.56 Å². The quantitative estimate of drug-likeness (QED) is 0.587. The van der Waals surface area contributed by atoms with Gasteiger partial charge in [-0.05, 0) is 43.3 Å². The molecule has 2 aromatic carbocycles. The topological polar surface area (TPSA) is 72.7 Å². The molecule has 28 heavy (non-hydrogen) atoms. The molecule has 4 rings (SSSR count). The van der Waals surface area contributed by atoms with Crippen LogP contribution in [0.1, 0.15) is 15.9 Å². The fraction of sp³-hybridized carbons (Fsp3) is 0.0455. The molecule has 1 amide bonds. The lowest BCUT2D eigenvalue weighted by Gasteiger charge is -2.12. The summed E-state index contributed by atoms with van der Waals surface area (Å²) in [6.45, 7) is 1.99. The number of pyridine rings is 1. The van der Waals surface area contributed by atoms with E-state index in [1.54, 1.807) is 42.6 Å². The molecule has 0 saturated heterocycles. The van der Waals surface area contributed by atoms with Crippen molar-refractivity contribution in [1.29, 1.82) is 0 Å². The van der Waals surface area contributed by atoms with Gasteiger partial charge in [0, 0.05) is 12.4 Å². The van der Waals surface area contributed by atoms with Crippen LogP contribution in [-0.4, -0.2) is 15.3 Å². The van der Waals surface area contributed by atoms with E-state index in [1.807, 2.05) is 37.3 Å². The predicted molar refractivity (Wildman–Crippen MR) is 107 cm³/mol. The third-order valence-electron chi connectivity index (χ3n) is 4.24. The molecule has 0 spiro atoms. The Labute approximate surface area is 161 Å². The molecule has 2 aromatic heterocycles. The minimum Gasteiger partial charge on any atom is -0.455 e. The average Bonchev–Trinajstić information content (AvgIpc) is 2.71. The third-order valence-corrected chi connectivity index (χ3v) is 4.24. The van der Waals surface area contributed by atoms with Crippen molar-refractivity contribution in [2.45, 2.75) is 6.92 Å². The van der Waals surface area contributed by atoms with Crippen molar-refractivity contribution >= 4 is 17.2 Å². The number of aryl methyl sites for hydroxylation is 1. The second-order valence-corrected chi connectivity index (χ2v) is 6.27. The normalized spacial score (nSPS) is 10.6. The number of anilines is 1. The monoisotopic (exact) mass is 371 g/mol. The first-order valence-corrected chi connectivity index (χ1v) is 8.73. The van der Waals surface area contributed by atoms with E-state index in [-0.39, 0.29) is 5.56 Å². The molecule has 0 atom stereocenters. The highest BCUT2D eigenvalue weighted by Gasteiger charge is 2.15. The first-order chi connectivity index (χ1) is 13.6. The van der Waals surface area contributed by atoms with Gasteiger partial charge in [-0.1, -0.05) is 35.9 Å². The predicted octanol–water partition coefficient (Wildman–Crippen LogP) is 4.05.